The van der Waals surface area contributed by atoms with E-state index in [4.69, 9.17) is 0 Å². The molecule has 1 N–H and O–H groups in total. The van der Waals surface area contributed by atoms with Crippen molar-refractivity contribution in [2.45, 2.75) is 29.1 Å². The Bertz CT molecular complexity index is 1070. The molecule has 0 saturated carbocycles. The van der Waals surface area contributed by atoms with Crippen molar-refractivity contribution >= 4 is 61.6 Å². The van der Waals surface area contributed by atoms with E-state index >= 15 is 0 Å². The fraction of sp³-hybridized carbons (Fsp3) is 0.571. The van der Waals surface area contributed by atoms with Gasteiger partial charge in [0.05, 0.1) is 40.0 Å². The summed E-state index contributed by atoms with van der Waals surface area (Å²) in [6, 6.07) is 1.77. The summed E-state index contributed by atoms with van der Waals surface area (Å²) in [6.07, 6.45) is 0. The monoisotopic (exact) mass is 562 g/mol. The van der Waals surface area contributed by atoms with Gasteiger partial charge in [0, 0.05) is 21.0 Å². The van der Waals surface area contributed by atoms with Gasteiger partial charge in [0.1, 0.15) is 0 Å². The second kappa shape index (κ2) is 6.47. The molecular formula is C14H16Br2N2O6S3. The fourth-order valence-electron chi connectivity index (χ4n) is 4.14. The lowest BCUT2D eigenvalue weighted by Crippen LogP contribution is -2.67. The van der Waals surface area contributed by atoms with Crippen molar-refractivity contribution in [3.8, 4) is 0 Å². The Morgan fingerprint density at radius 3 is 1.96 bits per heavy atom. The molecule has 3 fully saturated rings. The number of piperazine rings is 1. The Morgan fingerprint density at radius 2 is 1.44 bits per heavy atom. The first kappa shape index (κ1) is 20.2. The number of nitrogens with zero attached hydrogens (tertiary/aromatic N) is 1. The van der Waals surface area contributed by atoms with Gasteiger partial charge in [-0.3, -0.25) is 0 Å². The van der Waals surface area contributed by atoms with Crippen molar-refractivity contribution in [2.24, 2.45) is 0 Å². The highest BCUT2D eigenvalue weighted by Crippen LogP contribution is 2.38. The minimum Gasteiger partial charge on any atom is -0.306 e. The van der Waals surface area contributed by atoms with Crippen LogP contribution >= 0.6 is 31.9 Å². The molecule has 3 saturated heterocycles. The molecule has 3 aliphatic heterocycles. The maximum atomic E-state index is 13.5. The number of benzene rings is 1. The number of sulfonamides is 1. The van der Waals surface area contributed by atoms with E-state index in [9.17, 15) is 25.3 Å². The van der Waals surface area contributed by atoms with Gasteiger partial charge in [-0.15, -0.1) is 0 Å². The molecule has 3 aliphatic rings. The summed E-state index contributed by atoms with van der Waals surface area (Å²) in [5.41, 5.74) is 0. The molecule has 1 aromatic rings. The lowest BCUT2D eigenvalue weighted by Gasteiger charge is -2.43. The van der Waals surface area contributed by atoms with E-state index in [0.717, 1.165) is 4.31 Å². The number of halogens is 2. The van der Waals surface area contributed by atoms with Gasteiger partial charge in [-0.1, -0.05) is 15.9 Å². The van der Waals surface area contributed by atoms with Crippen molar-refractivity contribution < 1.29 is 25.3 Å². The second-order valence-corrected chi connectivity index (χ2v) is 15.0. The normalized spacial score (nSPS) is 34.9. The molecule has 0 radical (unpaired) electrons. The smallest absolute Gasteiger partial charge is 0.244 e. The van der Waals surface area contributed by atoms with Gasteiger partial charge in [0.15, 0.2) is 19.7 Å². The van der Waals surface area contributed by atoms with Gasteiger partial charge in [0.25, 0.3) is 0 Å². The van der Waals surface area contributed by atoms with Crippen molar-refractivity contribution in [3.63, 3.8) is 0 Å². The molecule has 13 heteroatoms. The van der Waals surface area contributed by atoms with Crippen LogP contribution in [-0.4, -0.2) is 76.7 Å². The molecule has 1 aromatic carbocycles. The van der Waals surface area contributed by atoms with Gasteiger partial charge in [-0.25, -0.2) is 25.3 Å². The number of fused-ring (bicyclic) bond motifs is 2. The van der Waals surface area contributed by atoms with Gasteiger partial charge >= 0.3 is 0 Å². The van der Waals surface area contributed by atoms with E-state index in [1.807, 2.05) is 0 Å². The molecule has 4 rings (SSSR count). The zero-order valence-corrected chi connectivity index (χ0v) is 19.4. The SMILES string of the molecule is O=S1(=O)C[C@@H]2[C@@H](C1)N[C@H]1CS(=O)(=O)C[C@@H]1N2S(=O)(=O)c1cc(Br)ccc1Br. The molecule has 0 spiro atoms. The van der Waals surface area contributed by atoms with Crippen LogP contribution < -0.4 is 5.32 Å². The third-order valence-electron chi connectivity index (χ3n) is 5.18. The lowest BCUT2D eigenvalue weighted by atomic mass is 10.0. The first-order valence-corrected chi connectivity index (χ1v) is 14.7. The van der Waals surface area contributed by atoms with E-state index in [1.165, 1.54) is 6.07 Å². The van der Waals surface area contributed by atoms with Crippen LogP contribution in [0, 0.1) is 0 Å². The van der Waals surface area contributed by atoms with Crippen LogP contribution in [0.5, 0.6) is 0 Å². The minimum absolute atomic E-state index is 0.0233. The second-order valence-electron chi connectivity index (χ2n) is 7.08. The van der Waals surface area contributed by atoms with Gasteiger partial charge < -0.3 is 5.32 Å². The van der Waals surface area contributed by atoms with Crippen molar-refractivity contribution in [1.29, 1.82) is 0 Å². The zero-order chi connectivity index (χ0) is 19.8. The maximum Gasteiger partial charge on any atom is 0.244 e. The molecule has 27 heavy (non-hydrogen) atoms. The molecule has 0 aliphatic carbocycles. The van der Waals surface area contributed by atoms with E-state index in [2.05, 4.69) is 37.2 Å². The summed E-state index contributed by atoms with van der Waals surface area (Å²) < 4.78 is 77.8. The van der Waals surface area contributed by atoms with Crippen LogP contribution in [-0.2, 0) is 29.7 Å². The summed E-state index contributed by atoms with van der Waals surface area (Å²) in [5, 5.41) is 3.08. The topological polar surface area (TPSA) is 118 Å². The summed E-state index contributed by atoms with van der Waals surface area (Å²) in [6.45, 7) is 0. The highest BCUT2D eigenvalue weighted by atomic mass is 79.9. The average molecular weight is 564 g/mol. The van der Waals surface area contributed by atoms with E-state index in [1.54, 1.807) is 12.1 Å². The first-order valence-electron chi connectivity index (χ1n) is 8.05. The van der Waals surface area contributed by atoms with Crippen molar-refractivity contribution in [2.75, 3.05) is 23.0 Å². The van der Waals surface area contributed by atoms with Crippen LogP contribution in [0.15, 0.2) is 32.0 Å². The van der Waals surface area contributed by atoms with Crippen LogP contribution in [0.1, 0.15) is 0 Å². The summed E-state index contributed by atoms with van der Waals surface area (Å²) >= 11 is 6.50. The number of nitrogens with one attached hydrogen (secondary N) is 1. The van der Waals surface area contributed by atoms with E-state index in [0.29, 0.717) is 8.95 Å². The van der Waals surface area contributed by atoms with Crippen molar-refractivity contribution in [1.82, 2.24) is 9.62 Å². The minimum atomic E-state index is -4.14. The number of sulfone groups is 2. The summed E-state index contributed by atoms with van der Waals surface area (Å²) in [4.78, 5) is -0.0233. The van der Waals surface area contributed by atoms with Crippen LogP contribution in [0.3, 0.4) is 0 Å². The Balaban J connectivity index is 1.87. The molecule has 0 bridgehead atoms. The molecule has 4 atom stereocenters. The maximum absolute atomic E-state index is 13.5. The van der Waals surface area contributed by atoms with Crippen molar-refractivity contribution in [3.05, 3.63) is 27.1 Å². The molecule has 0 amide bonds. The first-order chi connectivity index (χ1) is 12.4. The Hall–Kier alpha value is -0.0500. The number of rotatable bonds is 2. The Labute approximate surface area is 174 Å². The fourth-order valence-corrected chi connectivity index (χ4v) is 11.5. The summed E-state index contributed by atoms with van der Waals surface area (Å²) in [7, 11) is -11.0. The highest BCUT2D eigenvalue weighted by Gasteiger charge is 2.57. The number of hydrogen-bond donors (Lipinski definition) is 1. The standard InChI is InChI=1S/C14H16Br2N2O6S3/c15-8-1-2-9(16)14(3-8)27(23,24)18-12-6-25(19,20)4-10(12)17-11-5-26(21,22)7-13(11)18/h1-3,10-13,17H,4-7H2/t10-,11+,12-,13+. The van der Waals surface area contributed by atoms with Crippen LogP contribution in [0.4, 0.5) is 0 Å². The third-order valence-corrected chi connectivity index (χ3v) is 12.0. The third kappa shape index (κ3) is 3.53. The lowest BCUT2D eigenvalue weighted by molar-refractivity contribution is 0.160. The molecule has 0 aromatic heterocycles. The van der Waals surface area contributed by atoms with E-state index < -0.39 is 53.9 Å². The van der Waals surface area contributed by atoms with E-state index in [-0.39, 0.29) is 27.9 Å². The summed E-state index contributed by atoms with van der Waals surface area (Å²) in [5.74, 6) is -1.04. The quantitative estimate of drug-likeness (QED) is 0.543. The molecule has 3 heterocycles. The average Bonchev–Trinajstić information content (AvgIpc) is 2.98. The van der Waals surface area contributed by atoms with Gasteiger partial charge in [-0.05, 0) is 34.1 Å². The Morgan fingerprint density at radius 1 is 0.926 bits per heavy atom. The molecule has 0 unspecified atom stereocenters. The zero-order valence-electron chi connectivity index (χ0n) is 13.7. The Kier molecular flexibility index (Phi) is 4.85. The molecular weight excluding hydrogens is 548 g/mol. The van der Waals surface area contributed by atoms with Gasteiger partial charge in [0.2, 0.25) is 10.0 Å². The number of hydrogen-bond acceptors (Lipinski definition) is 7. The highest BCUT2D eigenvalue weighted by molar-refractivity contribution is 9.11. The largest absolute Gasteiger partial charge is 0.306 e. The predicted molar refractivity (Wildman–Crippen MR) is 106 cm³/mol. The molecule has 8 nitrogen and oxygen atoms in total. The predicted octanol–water partition coefficient (Wildman–Crippen LogP) is 0.137. The molecule has 150 valence electrons. The van der Waals surface area contributed by atoms with Crippen LogP contribution in [0.2, 0.25) is 0 Å². The van der Waals surface area contributed by atoms with Gasteiger partial charge in [-0.2, -0.15) is 4.31 Å². The van der Waals surface area contributed by atoms with Crippen LogP contribution in [0.25, 0.3) is 0 Å².